The summed E-state index contributed by atoms with van der Waals surface area (Å²) in [6.07, 6.45) is 0.583. The number of hydrogen-bond donors (Lipinski definition) is 0. The molecule has 0 aromatic carbocycles. The third-order valence-electron chi connectivity index (χ3n) is 3.78. The number of imide groups is 1. The highest BCUT2D eigenvalue weighted by molar-refractivity contribution is 6.07. The molecule has 0 aliphatic carbocycles. The number of hydrogen-bond acceptors (Lipinski definition) is 4. The second-order valence-corrected chi connectivity index (χ2v) is 5.48. The number of nitrogens with zero attached hydrogens (tertiary/aromatic N) is 2. The maximum atomic E-state index is 12.3. The first kappa shape index (κ1) is 13.7. The Morgan fingerprint density at radius 2 is 1.84 bits per heavy atom. The molecule has 2 aliphatic heterocycles. The molecule has 2 aliphatic rings. The van der Waals surface area contributed by atoms with Crippen LogP contribution in [-0.4, -0.2) is 51.9 Å². The zero-order chi connectivity index (χ0) is 14.3. The van der Waals surface area contributed by atoms with Crippen molar-refractivity contribution in [2.45, 2.75) is 45.7 Å². The van der Waals surface area contributed by atoms with Gasteiger partial charge in [-0.2, -0.15) is 0 Å². The van der Waals surface area contributed by atoms with Crippen molar-refractivity contribution in [1.82, 2.24) is 9.80 Å². The maximum absolute atomic E-state index is 12.3. The monoisotopic (exact) mass is 266 g/mol. The molecule has 2 heterocycles. The Labute approximate surface area is 111 Å². The molecule has 6 heteroatoms. The molecule has 0 radical (unpaired) electrons. The summed E-state index contributed by atoms with van der Waals surface area (Å²) in [5.41, 5.74) is 0. The van der Waals surface area contributed by atoms with E-state index in [1.54, 1.807) is 6.92 Å². The van der Waals surface area contributed by atoms with Gasteiger partial charge in [0.15, 0.2) is 0 Å². The van der Waals surface area contributed by atoms with Crippen molar-refractivity contribution in [2.75, 3.05) is 6.54 Å². The summed E-state index contributed by atoms with van der Waals surface area (Å²) >= 11 is 0. The Bertz CT molecular complexity index is 460. The first-order valence-corrected chi connectivity index (χ1v) is 6.48. The molecule has 2 saturated heterocycles. The van der Waals surface area contributed by atoms with Crippen LogP contribution in [0.25, 0.3) is 0 Å². The van der Waals surface area contributed by atoms with E-state index in [-0.39, 0.29) is 48.4 Å². The van der Waals surface area contributed by atoms with E-state index in [0.717, 1.165) is 4.90 Å². The van der Waals surface area contributed by atoms with E-state index in [0.29, 0.717) is 6.42 Å². The van der Waals surface area contributed by atoms with Gasteiger partial charge in [-0.05, 0) is 20.3 Å². The molecule has 104 valence electrons. The van der Waals surface area contributed by atoms with Gasteiger partial charge in [-0.3, -0.25) is 24.1 Å². The summed E-state index contributed by atoms with van der Waals surface area (Å²) in [7, 11) is 0. The van der Waals surface area contributed by atoms with Gasteiger partial charge >= 0.3 is 0 Å². The first-order chi connectivity index (χ1) is 8.82. The molecule has 3 amide bonds. The Morgan fingerprint density at radius 1 is 1.21 bits per heavy atom. The van der Waals surface area contributed by atoms with Gasteiger partial charge in [0.1, 0.15) is 11.8 Å². The van der Waals surface area contributed by atoms with Crippen LogP contribution in [-0.2, 0) is 19.2 Å². The molecule has 6 nitrogen and oxygen atoms in total. The van der Waals surface area contributed by atoms with Crippen molar-refractivity contribution in [3.05, 3.63) is 0 Å². The molecule has 19 heavy (non-hydrogen) atoms. The van der Waals surface area contributed by atoms with E-state index in [2.05, 4.69) is 0 Å². The molecule has 2 rings (SSSR count). The molecule has 0 N–H and O–H groups in total. The zero-order valence-electron chi connectivity index (χ0n) is 11.4. The molecular weight excluding hydrogens is 248 g/mol. The summed E-state index contributed by atoms with van der Waals surface area (Å²) in [6, 6.07) is -0.850. The van der Waals surface area contributed by atoms with Gasteiger partial charge in [-0.25, -0.2) is 0 Å². The van der Waals surface area contributed by atoms with Crippen LogP contribution in [0.4, 0.5) is 0 Å². The average Bonchev–Trinajstić information content (AvgIpc) is 2.70. The predicted molar refractivity (Wildman–Crippen MR) is 65.9 cm³/mol. The van der Waals surface area contributed by atoms with E-state index in [1.165, 1.54) is 11.8 Å². The lowest BCUT2D eigenvalue weighted by Crippen LogP contribution is -2.46. The number of likely N-dealkylation sites (tertiary alicyclic amines) is 2. The normalized spacial score (nSPS) is 31.5. The minimum Gasteiger partial charge on any atom is -0.331 e. The number of Topliss-reactive ketones (excluding diaryl/α,β-unsaturated/α-hetero) is 1. The molecule has 0 aromatic rings. The molecule has 0 saturated carbocycles. The Hall–Kier alpha value is -1.72. The van der Waals surface area contributed by atoms with E-state index in [1.807, 2.05) is 6.92 Å². The molecular formula is C13H18N2O4. The molecule has 0 aromatic heterocycles. The fourth-order valence-corrected chi connectivity index (χ4v) is 2.78. The summed E-state index contributed by atoms with van der Waals surface area (Å²) in [4.78, 5) is 49.8. The lowest BCUT2D eigenvalue weighted by molar-refractivity contribution is -0.148. The van der Waals surface area contributed by atoms with Crippen LogP contribution in [0, 0.1) is 5.92 Å². The van der Waals surface area contributed by atoms with Crippen molar-refractivity contribution in [2.24, 2.45) is 5.92 Å². The van der Waals surface area contributed by atoms with Crippen LogP contribution < -0.4 is 0 Å². The topological polar surface area (TPSA) is 74.8 Å². The largest absolute Gasteiger partial charge is 0.331 e. The van der Waals surface area contributed by atoms with Gasteiger partial charge in [0.25, 0.3) is 0 Å². The average molecular weight is 266 g/mol. The van der Waals surface area contributed by atoms with Crippen molar-refractivity contribution < 1.29 is 19.2 Å². The third-order valence-corrected chi connectivity index (χ3v) is 3.78. The highest BCUT2D eigenvalue weighted by Gasteiger charge is 2.48. The first-order valence-electron chi connectivity index (χ1n) is 6.48. The quantitative estimate of drug-likeness (QED) is 0.672. The number of amides is 3. The van der Waals surface area contributed by atoms with Crippen LogP contribution in [0.2, 0.25) is 0 Å². The van der Waals surface area contributed by atoms with Crippen molar-refractivity contribution >= 4 is 23.5 Å². The third kappa shape index (κ3) is 2.27. The number of ketones is 1. The lowest BCUT2D eigenvalue weighted by atomic mass is 10.1. The zero-order valence-corrected chi connectivity index (χ0v) is 11.4. The second-order valence-electron chi connectivity index (χ2n) is 5.48. The van der Waals surface area contributed by atoms with Gasteiger partial charge in [0.2, 0.25) is 17.7 Å². The molecule has 0 spiro atoms. The molecule has 3 atom stereocenters. The minimum atomic E-state index is -0.723. The Morgan fingerprint density at radius 3 is 2.32 bits per heavy atom. The van der Waals surface area contributed by atoms with Gasteiger partial charge in [0, 0.05) is 18.4 Å². The predicted octanol–water partition coefficient (Wildman–Crippen LogP) is -0.0402. The smallest absolute Gasteiger partial charge is 0.246 e. The fourth-order valence-electron chi connectivity index (χ4n) is 2.78. The van der Waals surface area contributed by atoms with Crippen molar-refractivity contribution in [1.29, 1.82) is 0 Å². The summed E-state index contributed by atoms with van der Waals surface area (Å²) in [5, 5.41) is 0. The van der Waals surface area contributed by atoms with Crippen LogP contribution in [0.3, 0.4) is 0 Å². The highest BCUT2D eigenvalue weighted by atomic mass is 16.2. The fraction of sp³-hybridized carbons (Fsp3) is 0.692. The molecule has 2 fully saturated rings. The number of carbonyl (C=O) groups is 4. The SMILES string of the molecule is CC(=O)CN1C(=O)C(N2C(=O)CC(C)C2=O)CC1C. The van der Waals surface area contributed by atoms with Crippen molar-refractivity contribution in [3.8, 4) is 0 Å². The summed E-state index contributed by atoms with van der Waals surface area (Å²) in [6.45, 7) is 4.98. The summed E-state index contributed by atoms with van der Waals surface area (Å²) < 4.78 is 0. The lowest BCUT2D eigenvalue weighted by Gasteiger charge is -2.22. The number of carbonyl (C=O) groups excluding carboxylic acids is 4. The van der Waals surface area contributed by atoms with E-state index < -0.39 is 6.04 Å². The Kier molecular flexibility index (Phi) is 3.43. The second kappa shape index (κ2) is 4.75. The number of rotatable bonds is 3. The maximum Gasteiger partial charge on any atom is 0.246 e. The molecule has 0 bridgehead atoms. The molecule has 3 unspecified atom stereocenters. The van der Waals surface area contributed by atoms with E-state index in [4.69, 9.17) is 0 Å². The highest BCUT2D eigenvalue weighted by Crippen LogP contribution is 2.29. The van der Waals surface area contributed by atoms with Crippen LogP contribution >= 0.6 is 0 Å². The van der Waals surface area contributed by atoms with Gasteiger partial charge in [0.05, 0.1) is 6.54 Å². The van der Waals surface area contributed by atoms with E-state index >= 15 is 0 Å². The van der Waals surface area contributed by atoms with Crippen LogP contribution in [0.15, 0.2) is 0 Å². The van der Waals surface area contributed by atoms with Crippen molar-refractivity contribution in [3.63, 3.8) is 0 Å². The van der Waals surface area contributed by atoms with Crippen LogP contribution in [0.5, 0.6) is 0 Å². The van der Waals surface area contributed by atoms with Gasteiger partial charge in [-0.15, -0.1) is 0 Å². The van der Waals surface area contributed by atoms with Crippen LogP contribution in [0.1, 0.15) is 33.6 Å². The summed E-state index contributed by atoms with van der Waals surface area (Å²) in [5.74, 6) is -1.31. The minimum absolute atomic E-state index is 0.0439. The van der Waals surface area contributed by atoms with Gasteiger partial charge < -0.3 is 4.90 Å². The van der Waals surface area contributed by atoms with E-state index in [9.17, 15) is 19.2 Å². The standard InChI is InChI=1S/C13H18N2O4/c1-7-4-11(17)15(12(7)18)10-5-8(2)14(13(10)19)6-9(3)16/h7-8,10H,4-6H2,1-3H3. The Balaban J connectivity index is 2.19. The van der Waals surface area contributed by atoms with Gasteiger partial charge in [-0.1, -0.05) is 6.92 Å².